The Bertz CT molecular complexity index is 3780. The van der Waals surface area contributed by atoms with Gasteiger partial charge in [-0.05, 0) is 134 Å². The molecule has 0 N–H and O–H groups in total. The predicted octanol–water partition coefficient (Wildman–Crippen LogP) is 17.5. The summed E-state index contributed by atoms with van der Waals surface area (Å²) < 4.78 is 8.95. The number of aromatic nitrogens is 1. The van der Waals surface area contributed by atoms with Crippen LogP contribution in [0.25, 0.3) is 93.9 Å². The van der Waals surface area contributed by atoms with Crippen LogP contribution >= 0.6 is 0 Å². The van der Waals surface area contributed by atoms with Crippen molar-refractivity contribution in [2.75, 3.05) is 4.90 Å². The van der Waals surface area contributed by atoms with Gasteiger partial charge in [0.2, 0.25) is 0 Å². The number of fused-ring (bicyclic) bond motifs is 9. The zero-order chi connectivity index (χ0) is 43.9. The fourth-order valence-electron chi connectivity index (χ4n) is 10.9. The first kappa shape index (κ1) is 38.1. The fourth-order valence-corrected chi connectivity index (χ4v) is 10.9. The van der Waals surface area contributed by atoms with Crippen LogP contribution in [0.4, 0.5) is 17.1 Å². The lowest BCUT2D eigenvalue weighted by molar-refractivity contribution is 0.660. The Labute approximate surface area is 384 Å². The molecule has 0 saturated carbocycles. The molecule has 0 fully saturated rings. The van der Waals surface area contributed by atoms with E-state index in [0.29, 0.717) is 0 Å². The molecular formula is C63H44N2O. The number of nitrogens with zero attached hydrogens (tertiary/aromatic N) is 2. The van der Waals surface area contributed by atoms with Crippen LogP contribution in [0.1, 0.15) is 25.0 Å². The largest absolute Gasteiger partial charge is 0.456 e. The monoisotopic (exact) mass is 844 g/mol. The molecule has 0 radical (unpaired) electrons. The fraction of sp³-hybridized carbons (Fsp3) is 0.0476. The maximum Gasteiger partial charge on any atom is 0.137 e. The zero-order valence-electron chi connectivity index (χ0n) is 36.7. The van der Waals surface area contributed by atoms with Crippen LogP contribution in [0, 0.1) is 0 Å². The standard InChI is InChI=1S/C63H44N2O/c1-63(2)54-39-43(49-26-16-28-57-61(49)52-24-12-14-27-56(52)65(57)46-22-10-5-11-23-46)32-34-50(54)51-35-33-47(40-55(51)63)64(58-29-17-31-60-62(58)53-25-13-15-30-59(53)66-60)48-37-44(41-18-6-3-7-19-41)36-45(38-48)42-20-8-4-9-21-42/h3-40H,1-2H3. The molecule has 1 aliphatic carbocycles. The lowest BCUT2D eigenvalue weighted by Crippen LogP contribution is -2.17. The molecule has 0 saturated heterocycles. The third-order valence-electron chi connectivity index (χ3n) is 14.0. The summed E-state index contributed by atoms with van der Waals surface area (Å²) in [7, 11) is 0. The van der Waals surface area contributed by atoms with Crippen LogP contribution in [-0.4, -0.2) is 4.57 Å². The van der Waals surface area contributed by atoms with Gasteiger partial charge in [-0.1, -0.05) is 166 Å². The van der Waals surface area contributed by atoms with Crippen LogP contribution in [0.3, 0.4) is 0 Å². The summed E-state index contributed by atoms with van der Waals surface area (Å²) in [4.78, 5) is 2.46. The van der Waals surface area contributed by atoms with Gasteiger partial charge in [-0.2, -0.15) is 0 Å². The smallest absolute Gasteiger partial charge is 0.137 e. The third-order valence-corrected chi connectivity index (χ3v) is 14.0. The van der Waals surface area contributed by atoms with Gasteiger partial charge in [-0.15, -0.1) is 0 Å². The lowest BCUT2D eigenvalue weighted by Gasteiger charge is -2.29. The molecule has 0 amide bonds. The van der Waals surface area contributed by atoms with Crippen molar-refractivity contribution in [1.82, 2.24) is 4.57 Å². The molecule has 0 spiro atoms. The zero-order valence-corrected chi connectivity index (χ0v) is 36.7. The van der Waals surface area contributed by atoms with Crippen LogP contribution in [-0.2, 0) is 5.41 Å². The van der Waals surface area contributed by atoms with E-state index in [1.807, 2.05) is 6.07 Å². The van der Waals surface area contributed by atoms with E-state index in [0.717, 1.165) is 55.8 Å². The molecule has 0 aliphatic heterocycles. The molecule has 13 rings (SSSR count). The van der Waals surface area contributed by atoms with Crippen molar-refractivity contribution in [3.8, 4) is 50.2 Å². The maximum atomic E-state index is 6.54. The minimum atomic E-state index is -0.288. The van der Waals surface area contributed by atoms with Crippen molar-refractivity contribution < 1.29 is 4.42 Å². The molecule has 3 nitrogen and oxygen atoms in total. The van der Waals surface area contributed by atoms with Gasteiger partial charge >= 0.3 is 0 Å². The van der Waals surface area contributed by atoms with E-state index in [-0.39, 0.29) is 5.41 Å². The van der Waals surface area contributed by atoms with E-state index >= 15 is 0 Å². The molecule has 2 heterocycles. The van der Waals surface area contributed by atoms with E-state index in [1.54, 1.807) is 0 Å². The Kier molecular flexibility index (Phi) is 8.56. The molecule has 1 aliphatic rings. The SMILES string of the molecule is CC1(C)c2cc(-c3cccc4c3c3ccccc3n4-c3ccccc3)ccc2-c2ccc(N(c3cc(-c4ccccc4)cc(-c4ccccc4)c3)c3cccc4oc5ccccc5c34)cc21. The summed E-state index contributed by atoms with van der Waals surface area (Å²) >= 11 is 0. The molecular weight excluding hydrogens is 801 g/mol. The van der Waals surface area contributed by atoms with Gasteiger partial charge in [-0.25, -0.2) is 0 Å². The molecule has 0 bridgehead atoms. The lowest BCUT2D eigenvalue weighted by atomic mass is 9.81. The van der Waals surface area contributed by atoms with Crippen LogP contribution < -0.4 is 4.90 Å². The molecule has 10 aromatic carbocycles. The number of hydrogen-bond acceptors (Lipinski definition) is 2. The van der Waals surface area contributed by atoms with Crippen LogP contribution in [0.15, 0.2) is 235 Å². The van der Waals surface area contributed by atoms with E-state index in [9.17, 15) is 0 Å². The minimum absolute atomic E-state index is 0.288. The summed E-state index contributed by atoms with van der Waals surface area (Å²) in [6, 6.07) is 83.9. The maximum absolute atomic E-state index is 6.54. The number of benzene rings is 10. The number of anilines is 3. The number of rotatable bonds is 7. The van der Waals surface area contributed by atoms with Crippen molar-refractivity contribution in [1.29, 1.82) is 0 Å². The van der Waals surface area contributed by atoms with E-state index in [1.165, 1.54) is 66.3 Å². The first-order valence-corrected chi connectivity index (χ1v) is 22.8. The van der Waals surface area contributed by atoms with Crippen LogP contribution in [0.5, 0.6) is 0 Å². The van der Waals surface area contributed by atoms with Crippen molar-refractivity contribution >= 4 is 60.8 Å². The van der Waals surface area contributed by atoms with Gasteiger partial charge in [0.1, 0.15) is 11.2 Å². The Morgan fingerprint density at radius 1 is 0.379 bits per heavy atom. The average molecular weight is 845 g/mol. The third kappa shape index (κ3) is 5.90. The quantitative estimate of drug-likeness (QED) is 0.159. The molecule has 66 heavy (non-hydrogen) atoms. The molecule has 0 unspecified atom stereocenters. The highest BCUT2D eigenvalue weighted by atomic mass is 16.3. The summed E-state index contributed by atoms with van der Waals surface area (Å²) in [5, 5.41) is 4.72. The summed E-state index contributed by atoms with van der Waals surface area (Å²) in [6.45, 7) is 4.79. The number of para-hydroxylation sites is 3. The van der Waals surface area contributed by atoms with Crippen molar-refractivity contribution in [2.45, 2.75) is 19.3 Å². The molecule has 12 aromatic rings. The molecule has 0 atom stereocenters. The highest BCUT2D eigenvalue weighted by molar-refractivity contribution is 6.16. The van der Waals surface area contributed by atoms with Gasteiger partial charge in [0, 0.05) is 38.6 Å². The molecule has 312 valence electrons. The van der Waals surface area contributed by atoms with Gasteiger partial charge in [-0.3, -0.25) is 0 Å². The van der Waals surface area contributed by atoms with Gasteiger partial charge in [0.15, 0.2) is 0 Å². The minimum Gasteiger partial charge on any atom is -0.456 e. The topological polar surface area (TPSA) is 21.3 Å². The van der Waals surface area contributed by atoms with Crippen LogP contribution in [0.2, 0.25) is 0 Å². The summed E-state index contributed by atoms with van der Waals surface area (Å²) in [6.07, 6.45) is 0. The Hall–Kier alpha value is -8.40. The second-order valence-electron chi connectivity index (χ2n) is 18.1. The summed E-state index contributed by atoms with van der Waals surface area (Å²) in [5.74, 6) is 0. The highest BCUT2D eigenvalue weighted by Crippen LogP contribution is 2.53. The Morgan fingerprint density at radius 2 is 0.970 bits per heavy atom. The summed E-state index contributed by atoms with van der Waals surface area (Å²) in [5.41, 5.74) is 20.6. The van der Waals surface area contributed by atoms with Crippen molar-refractivity contribution in [3.63, 3.8) is 0 Å². The second-order valence-corrected chi connectivity index (χ2v) is 18.1. The predicted molar refractivity (Wildman–Crippen MR) is 277 cm³/mol. The van der Waals surface area contributed by atoms with E-state index < -0.39 is 0 Å². The van der Waals surface area contributed by atoms with E-state index in [4.69, 9.17) is 4.42 Å². The van der Waals surface area contributed by atoms with Crippen molar-refractivity contribution in [2.24, 2.45) is 0 Å². The first-order chi connectivity index (χ1) is 32.5. The van der Waals surface area contributed by atoms with Gasteiger partial charge < -0.3 is 13.9 Å². The van der Waals surface area contributed by atoms with Crippen molar-refractivity contribution in [3.05, 3.63) is 242 Å². The second kappa shape index (κ2) is 14.8. The van der Waals surface area contributed by atoms with Gasteiger partial charge in [0.05, 0.1) is 22.1 Å². The Balaban J connectivity index is 0.998. The highest BCUT2D eigenvalue weighted by Gasteiger charge is 2.37. The molecule has 3 heteroatoms. The normalized spacial score (nSPS) is 12.8. The average Bonchev–Trinajstić information content (AvgIpc) is 4.00. The molecule has 2 aromatic heterocycles. The first-order valence-electron chi connectivity index (χ1n) is 22.8. The Morgan fingerprint density at radius 3 is 1.71 bits per heavy atom. The van der Waals surface area contributed by atoms with E-state index in [2.05, 4.69) is 248 Å². The number of hydrogen-bond donors (Lipinski definition) is 0. The van der Waals surface area contributed by atoms with Gasteiger partial charge in [0.25, 0.3) is 0 Å². The number of furan rings is 1.